The molecule has 4 rings (SSSR count). The van der Waals surface area contributed by atoms with Gasteiger partial charge in [-0.15, -0.1) is 0 Å². The Labute approximate surface area is 164 Å². The molecule has 27 heavy (non-hydrogen) atoms. The molecule has 0 unspecified atom stereocenters. The van der Waals surface area contributed by atoms with Crippen molar-refractivity contribution in [3.63, 3.8) is 0 Å². The first-order chi connectivity index (χ1) is 13.1. The van der Waals surface area contributed by atoms with Crippen LogP contribution in [0.5, 0.6) is 5.75 Å². The summed E-state index contributed by atoms with van der Waals surface area (Å²) in [4.78, 5) is 4.83. The van der Waals surface area contributed by atoms with Gasteiger partial charge in [0.2, 0.25) is 0 Å². The third-order valence-electron chi connectivity index (χ3n) is 4.64. The van der Waals surface area contributed by atoms with Crippen LogP contribution in [0, 0.1) is 13.8 Å². The first-order valence-corrected chi connectivity index (χ1v) is 9.41. The standard InChI is InChI=1S/C23H21ClN2O/c1-16-10-11-22(17(2)14-16)27-13-12-26-21-9-4-3-8-20(21)25-23(26)18-6-5-7-19(24)15-18/h3-11,14-15H,12-13H2,1-2H3. The molecular weight excluding hydrogens is 356 g/mol. The molecule has 136 valence electrons. The summed E-state index contributed by atoms with van der Waals surface area (Å²) in [5, 5.41) is 0.706. The van der Waals surface area contributed by atoms with Gasteiger partial charge in [0.15, 0.2) is 0 Å². The monoisotopic (exact) mass is 376 g/mol. The van der Waals surface area contributed by atoms with Crippen LogP contribution in [-0.4, -0.2) is 16.2 Å². The second kappa shape index (κ2) is 7.45. The summed E-state index contributed by atoms with van der Waals surface area (Å²) in [6.07, 6.45) is 0. The van der Waals surface area contributed by atoms with Crippen LogP contribution in [0.2, 0.25) is 5.02 Å². The Bertz CT molecular complexity index is 1100. The Kier molecular flexibility index (Phi) is 4.87. The van der Waals surface area contributed by atoms with Gasteiger partial charge in [0, 0.05) is 10.6 Å². The molecule has 0 atom stereocenters. The van der Waals surface area contributed by atoms with Gasteiger partial charge < -0.3 is 9.30 Å². The molecule has 0 spiro atoms. The SMILES string of the molecule is Cc1ccc(OCCn2c(-c3cccc(Cl)c3)nc3ccccc32)c(C)c1. The Morgan fingerprint density at radius 1 is 0.963 bits per heavy atom. The maximum absolute atomic E-state index is 6.20. The van der Waals surface area contributed by atoms with Gasteiger partial charge in [0.1, 0.15) is 18.2 Å². The lowest BCUT2D eigenvalue weighted by Crippen LogP contribution is -2.10. The number of hydrogen-bond acceptors (Lipinski definition) is 2. The van der Waals surface area contributed by atoms with Gasteiger partial charge >= 0.3 is 0 Å². The first kappa shape index (κ1) is 17.6. The third-order valence-corrected chi connectivity index (χ3v) is 4.88. The van der Waals surface area contributed by atoms with Crippen molar-refractivity contribution in [3.8, 4) is 17.1 Å². The fourth-order valence-corrected chi connectivity index (χ4v) is 3.55. The smallest absolute Gasteiger partial charge is 0.141 e. The molecule has 0 radical (unpaired) electrons. The van der Waals surface area contributed by atoms with Crippen LogP contribution in [-0.2, 0) is 6.54 Å². The first-order valence-electron chi connectivity index (χ1n) is 9.03. The topological polar surface area (TPSA) is 27.1 Å². The third kappa shape index (κ3) is 3.69. The molecule has 4 aromatic rings. The van der Waals surface area contributed by atoms with Crippen molar-refractivity contribution >= 4 is 22.6 Å². The van der Waals surface area contributed by atoms with Crippen LogP contribution < -0.4 is 4.74 Å². The Balaban J connectivity index is 1.65. The largest absolute Gasteiger partial charge is 0.491 e. The van der Waals surface area contributed by atoms with Crippen molar-refractivity contribution in [1.29, 1.82) is 0 Å². The molecule has 0 saturated heterocycles. The van der Waals surface area contributed by atoms with Gasteiger partial charge in [-0.25, -0.2) is 4.98 Å². The van der Waals surface area contributed by atoms with E-state index >= 15 is 0 Å². The molecule has 3 aromatic carbocycles. The minimum atomic E-state index is 0.567. The van der Waals surface area contributed by atoms with Crippen molar-refractivity contribution in [2.24, 2.45) is 0 Å². The summed E-state index contributed by atoms with van der Waals surface area (Å²) in [5.41, 5.74) is 5.46. The maximum Gasteiger partial charge on any atom is 0.141 e. The van der Waals surface area contributed by atoms with Crippen LogP contribution in [0.1, 0.15) is 11.1 Å². The predicted molar refractivity (Wildman–Crippen MR) is 112 cm³/mol. The van der Waals surface area contributed by atoms with Crippen LogP contribution in [0.3, 0.4) is 0 Å². The number of aromatic nitrogens is 2. The molecule has 0 N–H and O–H groups in total. The summed E-state index contributed by atoms with van der Waals surface area (Å²) in [6.45, 7) is 5.44. The van der Waals surface area contributed by atoms with Crippen LogP contribution in [0.4, 0.5) is 0 Å². The number of rotatable bonds is 5. The number of fused-ring (bicyclic) bond motifs is 1. The molecule has 3 nitrogen and oxygen atoms in total. The Hall–Kier alpha value is -2.78. The molecule has 0 bridgehead atoms. The lowest BCUT2D eigenvalue weighted by Gasteiger charge is -2.13. The summed E-state index contributed by atoms with van der Waals surface area (Å²) >= 11 is 6.20. The van der Waals surface area contributed by atoms with E-state index in [1.807, 2.05) is 48.5 Å². The van der Waals surface area contributed by atoms with Crippen LogP contribution in [0.25, 0.3) is 22.4 Å². The summed E-state index contributed by atoms with van der Waals surface area (Å²) in [5.74, 6) is 1.83. The molecular formula is C23H21ClN2O. The van der Waals surface area contributed by atoms with Gasteiger partial charge in [-0.2, -0.15) is 0 Å². The number of benzene rings is 3. The van der Waals surface area contributed by atoms with E-state index in [-0.39, 0.29) is 0 Å². The van der Waals surface area contributed by atoms with Crippen molar-refractivity contribution in [3.05, 3.63) is 82.9 Å². The highest BCUT2D eigenvalue weighted by atomic mass is 35.5. The van der Waals surface area contributed by atoms with Gasteiger partial charge in [-0.05, 0) is 49.7 Å². The number of imidazole rings is 1. The highest BCUT2D eigenvalue weighted by Gasteiger charge is 2.13. The molecule has 1 heterocycles. The van der Waals surface area contributed by atoms with E-state index in [9.17, 15) is 0 Å². The Morgan fingerprint density at radius 2 is 1.81 bits per heavy atom. The molecule has 0 aliphatic rings. The average molecular weight is 377 g/mol. The fraction of sp³-hybridized carbons (Fsp3) is 0.174. The predicted octanol–water partition coefficient (Wildman–Crippen LogP) is 6.05. The van der Waals surface area contributed by atoms with Gasteiger partial charge in [0.25, 0.3) is 0 Å². The fourth-order valence-electron chi connectivity index (χ4n) is 3.36. The second-order valence-electron chi connectivity index (χ2n) is 6.70. The average Bonchev–Trinajstić information content (AvgIpc) is 3.02. The van der Waals surface area contributed by atoms with E-state index in [1.54, 1.807) is 0 Å². The van der Waals surface area contributed by atoms with Crippen molar-refractivity contribution in [2.75, 3.05) is 6.61 Å². The zero-order chi connectivity index (χ0) is 18.8. The van der Waals surface area contributed by atoms with Crippen LogP contribution in [0.15, 0.2) is 66.7 Å². The molecule has 0 aliphatic heterocycles. The van der Waals surface area contributed by atoms with Crippen molar-refractivity contribution in [2.45, 2.75) is 20.4 Å². The Morgan fingerprint density at radius 3 is 2.63 bits per heavy atom. The highest BCUT2D eigenvalue weighted by molar-refractivity contribution is 6.30. The van der Waals surface area contributed by atoms with E-state index in [1.165, 1.54) is 5.56 Å². The molecule has 0 saturated carbocycles. The minimum absolute atomic E-state index is 0.567. The van der Waals surface area contributed by atoms with Gasteiger partial charge in [0.05, 0.1) is 17.6 Å². The van der Waals surface area contributed by atoms with Crippen molar-refractivity contribution in [1.82, 2.24) is 9.55 Å². The lowest BCUT2D eigenvalue weighted by molar-refractivity contribution is 0.299. The number of halogens is 1. The van der Waals surface area contributed by atoms with E-state index in [2.05, 4.69) is 36.6 Å². The van der Waals surface area contributed by atoms with Crippen molar-refractivity contribution < 1.29 is 4.74 Å². The molecule has 0 fully saturated rings. The molecule has 4 heteroatoms. The summed E-state index contributed by atoms with van der Waals surface area (Å²) in [7, 11) is 0. The van der Waals surface area contributed by atoms with Gasteiger partial charge in [-0.1, -0.05) is 53.6 Å². The quantitative estimate of drug-likeness (QED) is 0.423. The zero-order valence-electron chi connectivity index (χ0n) is 15.4. The number of para-hydroxylation sites is 2. The minimum Gasteiger partial charge on any atom is -0.491 e. The summed E-state index contributed by atoms with van der Waals surface area (Å²) in [6, 6.07) is 22.2. The van der Waals surface area contributed by atoms with E-state index in [0.717, 1.165) is 33.7 Å². The number of aryl methyl sites for hydroxylation is 2. The zero-order valence-corrected chi connectivity index (χ0v) is 16.2. The van der Waals surface area contributed by atoms with E-state index in [0.29, 0.717) is 18.2 Å². The van der Waals surface area contributed by atoms with E-state index in [4.69, 9.17) is 21.3 Å². The normalized spacial score (nSPS) is 11.1. The number of nitrogens with zero attached hydrogens (tertiary/aromatic N) is 2. The maximum atomic E-state index is 6.20. The highest BCUT2D eigenvalue weighted by Crippen LogP contribution is 2.27. The van der Waals surface area contributed by atoms with Gasteiger partial charge in [-0.3, -0.25) is 0 Å². The molecule has 0 amide bonds. The molecule has 1 aromatic heterocycles. The summed E-state index contributed by atoms with van der Waals surface area (Å²) < 4.78 is 8.25. The lowest BCUT2D eigenvalue weighted by atomic mass is 10.1. The number of ether oxygens (including phenoxy) is 1. The number of hydrogen-bond donors (Lipinski definition) is 0. The molecule has 0 aliphatic carbocycles. The second-order valence-corrected chi connectivity index (χ2v) is 7.14. The van der Waals surface area contributed by atoms with Crippen LogP contribution >= 0.6 is 11.6 Å². The van der Waals surface area contributed by atoms with E-state index < -0.39 is 0 Å².